The van der Waals surface area contributed by atoms with Gasteiger partial charge in [0.05, 0.1) is 20.8 Å². The zero-order valence-electron chi connectivity index (χ0n) is 13.2. The van der Waals surface area contributed by atoms with Gasteiger partial charge in [0.15, 0.2) is 5.43 Å². The summed E-state index contributed by atoms with van der Waals surface area (Å²) in [7, 11) is 2.14. The van der Waals surface area contributed by atoms with Gasteiger partial charge in [0.2, 0.25) is 0 Å². The van der Waals surface area contributed by atoms with Gasteiger partial charge in [0, 0.05) is 24.8 Å². The maximum atomic E-state index is 11.5. The van der Waals surface area contributed by atoms with E-state index in [4.69, 9.17) is 0 Å². The molecule has 114 valence electrons. The van der Waals surface area contributed by atoms with E-state index in [0.29, 0.717) is 6.04 Å². The van der Waals surface area contributed by atoms with E-state index >= 15 is 0 Å². The van der Waals surface area contributed by atoms with E-state index in [1.807, 2.05) is 0 Å². The fourth-order valence-corrected chi connectivity index (χ4v) is 3.71. The molecule has 2 aliphatic rings. The Balaban J connectivity index is 2.07. The fourth-order valence-electron chi connectivity index (χ4n) is 2.68. The monoisotopic (exact) mass is 312 g/mol. The Morgan fingerprint density at radius 2 is 2.05 bits per heavy atom. The van der Waals surface area contributed by atoms with Crippen LogP contribution in [0.2, 0.25) is 0 Å². The zero-order valence-corrected chi connectivity index (χ0v) is 14.0. The first-order chi connectivity index (χ1) is 10.6. The van der Waals surface area contributed by atoms with Gasteiger partial charge in [0.1, 0.15) is 0 Å². The summed E-state index contributed by atoms with van der Waals surface area (Å²) in [6.45, 7) is 4.46. The van der Waals surface area contributed by atoms with Crippen molar-refractivity contribution in [3.63, 3.8) is 0 Å². The van der Waals surface area contributed by atoms with Crippen molar-refractivity contribution in [1.82, 2.24) is 4.98 Å². The minimum Gasteiger partial charge on any atom is -0.372 e. The van der Waals surface area contributed by atoms with E-state index in [1.165, 1.54) is 18.5 Å². The molecule has 0 saturated heterocycles. The van der Waals surface area contributed by atoms with Gasteiger partial charge in [-0.1, -0.05) is 13.3 Å². The van der Waals surface area contributed by atoms with Gasteiger partial charge >= 0.3 is 0 Å². The fraction of sp³-hybridized carbons (Fsp3) is 0.333. The number of nitrogens with zero attached hydrogens (tertiary/aromatic N) is 2. The molecule has 0 saturated carbocycles. The Hall–Kier alpha value is -1.94. The van der Waals surface area contributed by atoms with Crippen LogP contribution >= 0.6 is 11.3 Å². The summed E-state index contributed by atoms with van der Waals surface area (Å²) in [6, 6.07) is 11.9. The molecule has 3 nitrogen and oxygen atoms in total. The van der Waals surface area contributed by atoms with Gasteiger partial charge < -0.3 is 4.90 Å². The molecule has 1 aliphatic carbocycles. The summed E-state index contributed by atoms with van der Waals surface area (Å²) in [4.78, 5) is 19.4. The van der Waals surface area contributed by atoms with Crippen molar-refractivity contribution in [1.29, 1.82) is 0 Å². The van der Waals surface area contributed by atoms with Crippen LogP contribution in [-0.4, -0.2) is 18.1 Å². The lowest BCUT2D eigenvalue weighted by molar-refractivity contribution is 0.616. The van der Waals surface area contributed by atoms with Gasteiger partial charge in [-0.05, 0) is 43.7 Å². The summed E-state index contributed by atoms with van der Waals surface area (Å²) in [5, 5.41) is 0. The smallest absolute Gasteiger partial charge is 0.180 e. The van der Waals surface area contributed by atoms with Crippen LogP contribution in [0, 0.1) is 0 Å². The predicted octanol–water partition coefficient (Wildman–Crippen LogP) is 4.39. The minimum absolute atomic E-state index is 0.0368. The molecule has 1 atom stereocenters. The molecule has 0 spiro atoms. The molecule has 1 aromatic carbocycles. The first-order valence-corrected chi connectivity index (χ1v) is 8.47. The molecule has 1 aliphatic heterocycles. The Labute approximate surface area is 134 Å². The third kappa shape index (κ3) is 2.83. The SMILES string of the molecule is CCCC(C)N(C)c1ccc2nc3ccc(=O)cc-3sc2c1. The molecule has 4 heteroatoms. The van der Waals surface area contributed by atoms with Crippen molar-refractivity contribution >= 4 is 27.2 Å². The van der Waals surface area contributed by atoms with Crippen molar-refractivity contribution in [2.45, 2.75) is 32.7 Å². The van der Waals surface area contributed by atoms with E-state index in [0.717, 1.165) is 20.8 Å². The summed E-state index contributed by atoms with van der Waals surface area (Å²) >= 11 is 1.63. The lowest BCUT2D eigenvalue weighted by atomic mass is 10.1. The van der Waals surface area contributed by atoms with Crippen molar-refractivity contribution < 1.29 is 0 Å². The second-order valence-corrected chi connectivity index (χ2v) is 6.83. The van der Waals surface area contributed by atoms with Crippen LogP contribution in [0.4, 0.5) is 5.69 Å². The lowest BCUT2D eigenvalue weighted by Gasteiger charge is -2.27. The quantitative estimate of drug-likeness (QED) is 0.670. The highest BCUT2D eigenvalue weighted by Crippen LogP contribution is 2.32. The largest absolute Gasteiger partial charge is 0.372 e. The molecule has 0 N–H and O–H groups in total. The second-order valence-electron chi connectivity index (χ2n) is 5.74. The third-order valence-corrected chi connectivity index (χ3v) is 5.20. The van der Waals surface area contributed by atoms with Gasteiger partial charge in [0.25, 0.3) is 0 Å². The van der Waals surface area contributed by atoms with Crippen LogP contribution in [0.1, 0.15) is 26.7 Å². The molecule has 1 unspecified atom stereocenters. The second kappa shape index (κ2) is 6.05. The first-order valence-electron chi connectivity index (χ1n) is 7.66. The van der Waals surface area contributed by atoms with Crippen LogP contribution in [0.5, 0.6) is 0 Å². The molecule has 0 fully saturated rings. The zero-order chi connectivity index (χ0) is 15.7. The molecule has 3 rings (SSSR count). The number of hydrogen-bond acceptors (Lipinski definition) is 4. The number of aromatic nitrogens is 1. The molecule has 1 heterocycles. The van der Waals surface area contributed by atoms with Crippen LogP contribution in [-0.2, 0) is 0 Å². The van der Waals surface area contributed by atoms with Crippen LogP contribution < -0.4 is 10.3 Å². The molecule has 0 amide bonds. The number of anilines is 1. The van der Waals surface area contributed by atoms with Crippen molar-refractivity contribution in [2.24, 2.45) is 0 Å². The highest BCUT2D eigenvalue weighted by Gasteiger charge is 2.12. The van der Waals surface area contributed by atoms with E-state index < -0.39 is 0 Å². The maximum Gasteiger partial charge on any atom is 0.180 e. The van der Waals surface area contributed by atoms with Gasteiger partial charge in [-0.15, -0.1) is 11.3 Å². The molecule has 1 aromatic rings. The summed E-state index contributed by atoms with van der Waals surface area (Å²) < 4.78 is 1.12. The van der Waals surface area contributed by atoms with Crippen LogP contribution in [0.15, 0.2) is 41.2 Å². The van der Waals surface area contributed by atoms with Crippen molar-refractivity contribution in [3.05, 3.63) is 46.6 Å². The van der Waals surface area contributed by atoms with Gasteiger partial charge in [-0.25, -0.2) is 4.98 Å². The maximum absolute atomic E-state index is 11.5. The van der Waals surface area contributed by atoms with Crippen LogP contribution in [0.3, 0.4) is 0 Å². The topological polar surface area (TPSA) is 33.2 Å². The standard InChI is InChI=1S/C18H20N2OS/c1-4-5-12(2)20(3)13-6-8-15-17(10-13)22-18-11-14(21)7-9-16(18)19-15/h6-12H,4-5H2,1-3H3. The average Bonchev–Trinajstić information content (AvgIpc) is 2.52. The summed E-state index contributed by atoms with van der Waals surface area (Å²) in [6.07, 6.45) is 2.35. The normalized spacial score (nSPS) is 12.7. The highest BCUT2D eigenvalue weighted by atomic mass is 32.1. The Morgan fingerprint density at radius 3 is 2.82 bits per heavy atom. The summed E-state index contributed by atoms with van der Waals surface area (Å²) in [5.41, 5.74) is 3.10. The minimum atomic E-state index is 0.0368. The first kappa shape index (κ1) is 15.0. The van der Waals surface area contributed by atoms with E-state index in [9.17, 15) is 4.79 Å². The average molecular weight is 312 g/mol. The molecule has 22 heavy (non-hydrogen) atoms. The Bertz CT molecular complexity index is 827. The van der Waals surface area contributed by atoms with Crippen LogP contribution in [0.25, 0.3) is 20.8 Å². The predicted molar refractivity (Wildman–Crippen MR) is 95.3 cm³/mol. The number of hydrogen-bond donors (Lipinski definition) is 0. The van der Waals surface area contributed by atoms with E-state index in [-0.39, 0.29) is 5.43 Å². The molecular weight excluding hydrogens is 292 g/mol. The highest BCUT2D eigenvalue weighted by molar-refractivity contribution is 7.21. The van der Waals surface area contributed by atoms with E-state index in [2.05, 4.69) is 49.0 Å². The van der Waals surface area contributed by atoms with Gasteiger partial charge in [-0.3, -0.25) is 4.79 Å². The Morgan fingerprint density at radius 1 is 1.23 bits per heavy atom. The number of benzene rings is 2. The number of rotatable bonds is 4. The van der Waals surface area contributed by atoms with E-state index in [1.54, 1.807) is 29.5 Å². The third-order valence-electron chi connectivity index (χ3n) is 4.11. The lowest BCUT2D eigenvalue weighted by Crippen LogP contribution is -2.28. The molecule has 0 bridgehead atoms. The molecule has 0 aromatic heterocycles. The van der Waals surface area contributed by atoms with Crippen molar-refractivity contribution in [2.75, 3.05) is 11.9 Å². The summed E-state index contributed by atoms with van der Waals surface area (Å²) in [5.74, 6) is 0. The molecule has 0 radical (unpaired) electrons. The Kier molecular flexibility index (Phi) is 4.12. The van der Waals surface area contributed by atoms with Gasteiger partial charge in [-0.2, -0.15) is 0 Å². The van der Waals surface area contributed by atoms with Crippen molar-refractivity contribution in [3.8, 4) is 10.6 Å². The number of fused-ring (bicyclic) bond motifs is 2. The molecular formula is C18H20N2OS.